The number of hydrogen-bond donors (Lipinski definition) is 3. The Hall–Kier alpha value is -2.38. The molecule has 0 aliphatic heterocycles. The van der Waals surface area contributed by atoms with Gasteiger partial charge in [0.1, 0.15) is 0 Å². The summed E-state index contributed by atoms with van der Waals surface area (Å²) in [6, 6.07) is 6.41. The summed E-state index contributed by atoms with van der Waals surface area (Å²) in [5.41, 5.74) is 1.41. The van der Waals surface area contributed by atoms with Crippen LogP contribution in [0.1, 0.15) is 33.6 Å². The number of nitrogens with one attached hydrogen (secondary N) is 3. The molecule has 8 heteroatoms. The van der Waals surface area contributed by atoms with Crippen LogP contribution in [-0.2, 0) is 4.79 Å². The van der Waals surface area contributed by atoms with Crippen molar-refractivity contribution in [1.82, 2.24) is 10.6 Å². The number of carbonyl (C=O) groups is 3. The molecule has 0 radical (unpaired) electrons. The maximum Gasteiger partial charge on any atom is 0.252 e. The van der Waals surface area contributed by atoms with Gasteiger partial charge in [-0.1, -0.05) is 11.6 Å². The first-order chi connectivity index (χ1) is 12.0. The number of anilines is 1. The first-order valence-electron chi connectivity index (χ1n) is 7.63. The molecular weight excluding hydrogens is 362 g/mol. The van der Waals surface area contributed by atoms with Crippen molar-refractivity contribution in [1.29, 1.82) is 0 Å². The average Bonchev–Trinajstić information content (AvgIpc) is 3.14. The minimum atomic E-state index is -0.261. The molecule has 0 bridgehead atoms. The number of benzene rings is 1. The Morgan fingerprint density at radius 3 is 2.60 bits per heavy atom. The molecular formula is C17H18ClN3O3S. The van der Waals surface area contributed by atoms with Crippen LogP contribution in [0.5, 0.6) is 0 Å². The predicted octanol–water partition coefficient (Wildman–Crippen LogP) is 2.91. The summed E-state index contributed by atoms with van der Waals surface area (Å²) in [5, 5.41) is 11.9. The summed E-state index contributed by atoms with van der Waals surface area (Å²) >= 11 is 7.50. The molecule has 132 valence electrons. The second-order valence-electron chi connectivity index (χ2n) is 5.19. The Morgan fingerprint density at radius 2 is 1.92 bits per heavy atom. The van der Waals surface area contributed by atoms with Gasteiger partial charge in [0.2, 0.25) is 5.91 Å². The van der Waals surface area contributed by atoms with E-state index in [1.807, 2.05) is 5.38 Å². The zero-order valence-corrected chi connectivity index (χ0v) is 15.2. The molecule has 0 unspecified atom stereocenters. The van der Waals surface area contributed by atoms with E-state index in [0.29, 0.717) is 34.8 Å². The van der Waals surface area contributed by atoms with Crippen molar-refractivity contribution in [2.75, 3.05) is 18.9 Å². The lowest BCUT2D eigenvalue weighted by molar-refractivity contribution is -0.116. The van der Waals surface area contributed by atoms with Gasteiger partial charge < -0.3 is 16.0 Å². The Labute approximate surface area is 154 Å². The highest BCUT2D eigenvalue weighted by Gasteiger charge is 2.10. The van der Waals surface area contributed by atoms with E-state index in [-0.39, 0.29) is 24.1 Å². The first kappa shape index (κ1) is 19.0. The van der Waals surface area contributed by atoms with Crippen LogP contribution >= 0.6 is 22.9 Å². The molecule has 0 fully saturated rings. The molecule has 1 aromatic carbocycles. The monoisotopic (exact) mass is 379 g/mol. The van der Waals surface area contributed by atoms with Gasteiger partial charge in [-0.3, -0.25) is 14.4 Å². The van der Waals surface area contributed by atoms with Crippen molar-refractivity contribution in [2.24, 2.45) is 0 Å². The molecule has 0 aliphatic rings. The fraction of sp³-hybridized carbons (Fsp3) is 0.235. The number of hydrogen-bond acceptors (Lipinski definition) is 4. The third-order valence-electron chi connectivity index (χ3n) is 3.38. The van der Waals surface area contributed by atoms with Gasteiger partial charge in [-0.25, -0.2) is 0 Å². The summed E-state index contributed by atoms with van der Waals surface area (Å²) < 4.78 is 0. The van der Waals surface area contributed by atoms with Crippen LogP contribution in [-0.4, -0.2) is 31.3 Å². The van der Waals surface area contributed by atoms with Crippen LogP contribution in [0.15, 0.2) is 35.0 Å². The molecule has 6 nitrogen and oxygen atoms in total. The Bertz CT molecular complexity index is 763. The zero-order valence-electron chi connectivity index (χ0n) is 13.6. The SMILES string of the molecule is CNC(=O)c1ccc(Cl)c(NC(=O)CCCNC(=O)c2ccsc2)c1. The molecule has 0 aliphatic carbocycles. The summed E-state index contributed by atoms with van der Waals surface area (Å²) in [7, 11) is 1.53. The fourth-order valence-corrected chi connectivity index (χ4v) is 2.87. The highest BCUT2D eigenvalue weighted by molar-refractivity contribution is 7.08. The zero-order chi connectivity index (χ0) is 18.2. The minimum absolute atomic E-state index is 0.150. The standard InChI is InChI=1S/C17H18ClN3O3S/c1-19-16(23)11-4-5-13(18)14(9-11)21-15(22)3-2-7-20-17(24)12-6-8-25-10-12/h4-6,8-10H,2-3,7H2,1H3,(H,19,23)(H,20,24)(H,21,22). The van der Waals surface area contributed by atoms with Crippen LogP contribution < -0.4 is 16.0 Å². The molecule has 0 atom stereocenters. The van der Waals surface area contributed by atoms with Gasteiger partial charge in [-0.05, 0) is 36.1 Å². The normalized spacial score (nSPS) is 10.2. The van der Waals surface area contributed by atoms with E-state index in [0.717, 1.165) is 0 Å². The lowest BCUT2D eigenvalue weighted by Crippen LogP contribution is -2.25. The molecule has 3 N–H and O–H groups in total. The molecule has 0 saturated carbocycles. The maximum absolute atomic E-state index is 12.0. The summed E-state index contributed by atoms with van der Waals surface area (Å²) in [4.78, 5) is 35.4. The van der Waals surface area contributed by atoms with Gasteiger partial charge in [-0.15, -0.1) is 0 Å². The highest BCUT2D eigenvalue weighted by atomic mass is 35.5. The summed E-state index contributed by atoms with van der Waals surface area (Å²) in [6.45, 7) is 0.397. The Morgan fingerprint density at radius 1 is 1.12 bits per heavy atom. The molecule has 2 rings (SSSR count). The minimum Gasteiger partial charge on any atom is -0.355 e. The van der Waals surface area contributed by atoms with Crippen molar-refractivity contribution in [3.63, 3.8) is 0 Å². The van der Waals surface area contributed by atoms with E-state index in [9.17, 15) is 14.4 Å². The number of amides is 3. The van der Waals surface area contributed by atoms with Crippen LogP contribution in [0.4, 0.5) is 5.69 Å². The molecule has 2 aromatic rings. The quantitative estimate of drug-likeness (QED) is 0.646. The maximum atomic E-state index is 12.0. The molecule has 3 amide bonds. The van der Waals surface area contributed by atoms with E-state index < -0.39 is 0 Å². The van der Waals surface area contributed by atoms with Crippen LogP contribution in [0, 0.1) is 0 Å². The Kier molecular flexibility index (Phi) is 6.97. The van der Waals surface area contributed by atoms with Gasteiger partial charge in [0.25, 0.3) is 11.8 Å². The van der Waals surface area contributed by atoms with Gasteiger partial charge in [-0.2, -0.15) is 11.3 Å². The van der Waals surface area contributed by atoms with Crippen molar-refractivity contribution in [3.8, 4) is 0 Å². The smallest absolute Gasteiger partial charge is 0.252 e. The molecule has 0 saturated heterocycles. The van der Waals surface area contributed by atoms with Crippen LogP contribution in [0.25, 0.3) is 0 Å². The highest BCUT2D eigenvalue weighted by Crippen LogP contribution is 2.23. The third kappa shape index (κ3) is 5.58. The second-order valence-corrected chi connectivity index (χ2v) is 6.38. The molecule has 1 aromatic heterocycles. The van der Waals surface area contributed by atoms with E-state index in [2.05, 4.69) is 16.0 Å². The van der Waals surface area contributed by atoms with Crippen LogP contribution in [0.3, 0.4) is 0 Å². The van der Waals surface area contributed by atoms with E-state index >= 15 is 0 Å². The van der Waals surface area contributed by atoms with Crippen molar-refractivity contribution < 1.29 is 14.4 Å². The second kappa shape index (κ2) is 9.19. The summed E-state index contributed by atoms with van der Waals surface area (Å²) in [6.07, 6.45) is 0.721. The average molecular weight is 380 g/mol. The fourth-order valence-electron chi connectivity index (χ4n) is 2.07. The number of thiophene rings is 1. The van der Waals surface area contributed by atoms with Crippen LogP contribution in [0.2, 0.25) is 5.02 Å². The summed E-state index contributed by atoms with van der Waals surface area (Å²) in [5.74, 6) is -0.646. The number of halogens is 1. The largest absolute Gasteiger partial charge is 0.355 e. The van der Waals surface area contributed by atoms with Crippen molar-refractivity contribution in [2.45, 2.75) is 12.8 Å². The third-order valence-corrected chi connectivity index (χ3v) is 4.39. The van der Waals surface area contributed by atoms with E-state index in [4.69, 9.17) is 11.6 Å². The first-order valence-corrected chi connectivity index (χ1v) is 8.95. The topological polar surface area (TPSA) is 87.3 Å². The molecule has 0 spiro atoms. The van der Waals surface area contributed by atoms with E-state index in [1.165, 1.54) is 24.5 Å². The molecule has 25 heavy (non-hydrogen) atoms. The van der Waals surface area contributed by atoms with Gasteiger partial charge in [0.05, 0.1) is 10.7 Å². The van der Waals surface area contributed by atoms with Crippen molar-refractivity contribution >= 4 is 46.3 Å². The number of rotatable bonds is 7. The van der Waals surface area contributed by atoms with E-state index in [1.54, 1.807) is 23.6 Å². The lowest BCUT2D eigenvalue weighted by atomic mass is 10.2. The van der Waals surface area contributed by atoms with Crippen molar-refractivity contribution in [3.05, 3.63) is 51.2 Å². The van der Waals surface area contributed by atoms with Gasteiger partial charge >= 0.3 is 0 Å². The number of carbonyl (C=O) groups excluding carboxylic acids is 3. The van der Waals surface area contributed by atoms with Gasteiger partial charge in [0.15, 0.2) is 0 Å². The molecule has 1 heterocycles. The predicted molar refractivity (Wildman–Crippen MR) is 99.4 cm³/mol. The lowest BCUT2D eigenvalue weighted by Gasteiger charge is -2.09. The Balaban J connectivity index is 1.80. The van der Waals surface area contributed by atoms with Gasteiger partial charge in [0, 0.05) is 36.5 Å².